The van der Waals surface area contributed by atoms with E-state index in [0.717, 1.165) is 11.4 Å². The van der Waals surface area contributed by atoms with Gasteiger partial charge in [-0.05, 0) is 37.1 Å². The van der Waals surface area contributed by atoms with E-state index in [0.29, 0.717) is 18.6 Å². The lowest BCUT2D eigenvalue weighted by Crippen LogP contribution is -2.23. The highest BCUT2D eigenvalue weighted by molar-refractivity contribution is 5.47. The van der Waals surface area contributed by atoms with Crippen molar-refractivity contribution < 1.29 is 9.84 Å². The maximum Gasteiger partial charge on any atom is 0.119 e. The Bertz CT molecular complexity index is 311. The molecule has 1 aromatic rings. The molecule has 0 bridgehead atoms. The van der Waals surface area contributed by atoms with Crippen LogP contribution in [0.1, 0.15) is 27.2 Å². The first-order chi connectivity index (χ1) is 8.17. The Morgan fingerprint density at radius 1 is 1.24 bits per heavy atom. The summed E-state index contributed by atoms with van der Waals surface area (Å²) in [5, 5.41) is 12.1. The highest BCUT2D eigenvalue weighted by Gasteiger charge is 2.09. The summed E-state index contributed by atoms with van der Waals surface area (Å²) in [6, 6.07) is 8.31. The molecule has 1 aromatic carbocycles. The van der Waals surface area contributed by atoms with Crippen molar-refractivity contribution in [3.63, 3.8) is 0 Å². The number of aliphatic hydroxyl groups excluding tert-OH is 1. The first-order valence-corrected chi connectivity index (χ1v) is 6.27. The van der Waals surface area contributed by atoms with E-state index in [-0.39, 0.29) is 6.61 Å². The van der Waals surface area contributed by atoms with E-state index in [9.17, 15) is 0 Å². The predicted molar refractivity (Wildman–Crippen MR) is 71.6 cm³/mol. The minimum atomic E-state index is 0.0467. The fourth-order valence-corrected chi connectivity index (χ4v) is 1.57. The zero-order valence-electron chi connectivity index (χ0n) is 10.9. The third kappa shape index (κ3) is 4.65. The van der Waals surface area contributed by atoms with Crippen LogP contribution >= 0.6 is 0 Å². The van der Waals surface area contributed by atoms with Crippen LogP contribution in [0, 0.1) is 5.92 Å². The van der Waals surface area contributed by atoms with Crippen molar-refractivity contribution in [1.82, 2.24) is 0 Å². The fourth-order valence-electron chi connectivity index (χ4n) is 1.57. The Morgan fingerprint density at radius 2 is 1.88 bits per heavy atom. The van der Waals surface area contributed by atoms with Crippen LogP contribution in [0.3, 0.4) is 0 Å². The molecule has 1 rings (SSSR count). The molecule has 0 heterocycles. The second-order valence-corrected chi connectivity index (χ2v) is 4.41. The molecule has 3 heteroatoms. The Hall–Kier alpha value is -1.22. The summed E-state index contributed by atoms with van der Waals surface area (Å²) < 4.78 is 5.31. The van der Waals surface area contributed by atoms with Gasteiger partial charge in [0.05, 0.1) is 6.61 Å². The number of ether oxygens (including phenoxy) is 1. The van der Waals surface area contributed by atoms with Gasteiger partial charge >= 0.3 is 0 Å². The zero-order valence-corrected chi connectivity index (χ0v) is 10.9. The lowest BCUT2D eigenvalue weighted by atomic mass is 10.0. The molecular weight excluding hydrogens is 214 g/mol. The number of aliphatic hydroxyl groups is 1. The van der Waals surface area contributed by atoms with Crippen molar-refractivity contribution in [2.75, 3.05) is 18.5 Å². The average molecular weight is 237 g/mol. The van der Waals surface area contributed by atoms with E-state index in [4.69, 9.17) is 9.84 Å². The highest BCUT2D eigenvalue weighted by Crippen LogP contribution is 2.18. The summed E-state index contributed by atoms with van der Waals surface area (Å²) >= 11 is 0. The molecule has 17 heavy (non-hydrogen) atoms. The lowest BCUT2D eigenvalue weighted by molar-refractivity contribution is 0.201. The third-order valence-electron chi connectivity index (χ3n) is 3.11. The van der Waals surface area contributed by atoms with E-state index in [2.05, 4.69) is 26.1 Å². The van der Waals surface area contributed by atoms with Crippen molar-refractivity contribution >= 4 is 5.69 Å². The summed E-state index contributed by atoms with van der Waals surface area (Å²) in [6.07, 6.45) is 1.17. The first kappa shape index (κ1) is 13.8. The van der Waals surface area contributed by atoms with Gasteiger partial charge in [-0.25, -0.2) is 0 Å². The van der Waals surface area contributed by atoms with Crippen molar-refractivity contribution in [3.05, 3.63) is 24.3 Å². The van der Waals surface area contributed by atoms with Gasteiger partial charge in [0.15, 0.2) is 0 Å². The fraction of sp³-hybridized carbons (Fsp3) is 0.571. The van der Waals surface area contributed by atoms with Crippen molar-refractivity contribution in [1.29, 1.82) is 0 Å². The molecule has 2 atom stereocenters. The van der Waals surface area contributed by atoms with Gasteiger partial charge in [0.2, 0.25) is 0 Å². The molecule has 0 aliphatic rings. The Labute approximate surface area is 104 Å². The van der Waals surface area contributed by atoms with Gasteiger partial charge in [-0.3, -0.25) is 0 Å². The second kappa shape index (κ2) is 7.17. The molecule has 0 radical (unpaired) electrons. The molecule has 0 amide bonds. The Kier molecular flexibility index (Phi) is 5.84. The molecular formula is C14H23NO2. The standard InChI is InChI=1S/C14H23NO2/c1-4-11(2)12(3)15-13-5-7-14(8-6-13)17-10-9-16/h5-8,11-12,15-16H,4,9-10H2,1-3H3. The van der Waals surface area contributed by atoms with Gasteiger partial charge < -0.3 is 15.2 Å². The van der Waals surface area contributed by atoms with E-state index >= 15 is 0 Å². The third-order valence-corrected chi connectivity index (χ3v) is 3.11. The number of benzene rings is 1. The molecule has 0 aliphatic heterocycles. The Balaban J connectivity index is 2.50. The van der Waals surface area contributed by atoms with Crippen LogP contribution in [0.25, 0.3) is 0 Å². The molecule has 2 N–H and O–H groups in total. The number of hydrogen-bond acceptors (Lipinski definition) is 3. The molecule has 96 valence electrons. The predicted octanol–water partition coefficient (Wildman–Crippen LogP) is 2.90. The van der Waals surface area contributed by atoms with E-state index in [1.165, 1.54) is 6.42 Å². The molecule has 0 saturated heterocycles. The SMILES string of the molecule is CCC(C)C(C)Nc1ccc(OCCO)cc1. The molecule has 0 aliphatic carbocycles. The summed E-state index contributed by atoms with van der Waals surface area (Å²) in [6.45, 7) is 7.04. The first-order valence-electron chi connectivity index (χ1n) is 6.27. The zero-order chi connectivity index (χ0) is 12.7. The minimum Gasteiger partial charge on any atom is -0.491 e. The summed E-state index contributed by atoms with van der Waals surface area (Å²) in [4.78, 5) is 0. The number of anilines is 1. The van der Waals surface area contributed by atoms with Gasteiger partial charge in [0.25, 0.3) is 0 Å². The molecule has 0 aromatic heterocycles. The topological polar surface area (TPSA) is 41.5 Å². The number of nitrogens with one attached hydrogen (secondary N) is 1. The van der Waals surface area contributed by atoms with Crippen LogP contribution < -0.4 is 10.1 Å². The van der Waals surface area contributed by atoms with Crippen molar-refractivity contribution in [3.8, 4) is 5.75 Å². The van der Waals surface area contributed by atoms with E-state index in [1.54, 1.807) is 0 Å². The summed E-state index contributed by atoms with van der Waals surface area (Å²) in [5.41, 5.74) is 1.11. The maximum absolute atomic E-state index is 8.65. The van der Waals surface area contributed by atoms with E-state index < -0.39 is 0 Å². The highest BCUT2D eigenvalue weighted by atomic mass is 16.5. The quantitative estimate of drug-likeness (QED) is 0.766. The van der Waals surface area contributed by atoms with Gasteiger partial charge in [-0.15, -0.1) is 0 Å². The van der Waals surface area contributed by atoms with Gasteiger partial charge in [-0.2, -0.15) is 0 Å². The average Bonchev–Trinajstić information content (AvgIpc) is 2.37. The van der Waals surface area contributed by atoms with Crippen LogP contribution in [0.5, 0.6) is 5.75 Å². The minimum absolute atomic E-state index is 0.0467. The molecule has 2 unspecified atom stereocenters. The largest absolute Gasteiger partial charge is 0.491 e. The molecule has 0 fully saturated rings. The molecule has 3 nitrogen and oxygen atoms in total. The molecule has 0 saturated carbocycles. The van der Waals surface area contributed by atoms with Gasteiger partial charge in [0, 0.05) is 11.7 Å². The molecule has 0 spiro atoms. The van der Waals surface area contributed by atoms with Crippen LogP contribution in [-0.2, 0) is 0 Å². The smallest absolute Gasteiger partial charge is 0.119 e. The monoisotopic (exact) mass is 237 g/mol. The number of hydrogen-bond donors (Lipinski definition) is 2. The van der Waals surface area contributed by atoms with Gasteiger partial charge in [-0.1, -0.05) is 20.3 Å². The van der Waals surface area contributed by atoms with Crippen LogP contribution in [0.15, 0.2) is 24.3 Å². The second-order valence-electron chi connectivity index (χ2n) is 4.41. The summed E-state index contributed by atoms with van der Waals surface area (Å²) in [7, 11) is 0. The Morgan fingerprint density at radius 3 is 2.41 bits per heavy atom. The van der Waals surface area contributed by atoms with Crippen LogP contribution in [0.2, 0.25) is 0 Å². The maximum atomic E-state index is 8.65. The number of rotatable bonds is 7. The van der Waals surface area contributed by atoms with E-state index in [1.807, 2.05) is 24.3 Å². The van der Waals surface area contributed by atoms with Crippen molar-refractivity contribution in [2.24, 2.45) is 5.92 Å². The van der Waals surface area contributed by atoms with Crippen LogP contribution in [0.4, 0.5) is 5.69 Å². The normalized spacial score (nSPS) is 14.1. The van der Waals surface area contributed by atoms with Crippen LogP contribution in [-0.4, -0.2) is 24.4 Å². The van der Waals surface area contributed by atoms with Crippen molar-refractivity contribution in [2.45, 2.75) is 33.2 Å². The van der Waals surface area contributed by atoms with Gasteiger partial charge in [0.1, 0.15) is 12.4 Å². The summed E-state index contributed by atoms with van der Waals surface area (Å²) in [5.74, 6) is 1.45. The lowest BCUT2D eigenvalue weighted by Gasteiger charge is -2.21.